The van der Waals surface area contributed by atoms with Crippen LogP contribution in [-0.2, 0) is 4.79 Å². The Hall–Kier alpha value is -2.73. The van der Waals surface area contributed by atoms with Crippen LogP contribution in [0, 0.1) is 5.82 Å². The first-order valence-electron chi connectivity index (χ1n) is 6.06. The summed E-state index contributed by atoms with van der Waals surface area (Å²) < 4.78 is 13.2. The number of hydrogen-bond acceptors (Lipinski definition) is 3. The number of carbonyl (C=O) groups excluding carboxylic acids is 1. The van der Waals surface area contributed by atoms with Gasteiger partial charge in [0, 0.05) is 0 Å². The Morgan fingerprint density at radius 1 is 1.10 bits per heavy atom. The van der Waals surface area contributed by atoms with Gasteiger partial charge in [0.05, 0.1) is 11.3 Å². The van der Waals surface area contributed by atoms with Crippen molar-refractivity contribution in [3.8, 4) is 0 Å². The van der Waals surface area contributed by atoms with Gasteiger partial charge in [-0.15, -0.1) is 0 Å². The first-order chi connectivity index (χ1) is 9.99. The zero-order valence-electron chi connectivity index (χ0n) is 10.8. The molecule has 1 amide bonds. The van der Waals surface area contributed by atoms with E-state index in [-0.39, 0.29) is 11.3 Å². The molecule has 0 heterocycles. The van der Waals surface area contributed by atoms with Crippen molar-refractivity contribution in [2.24, 2.45) is 0 Å². The first-order valence-corrected chi connectivity index (χ1v) is 6.06. The molecule has 5 nitrogen and oxygen atoms in total. The fourth-order valence-corrected chi connectivity index (χ4v) is 1.79. The van der Waals surface area contributed by atoms with Gasteiger partial charge in [0.1, 0.15) is 5.82 Å². The summed E-state index contributed by atoms with van der Waals surface area (Å²) in [6.45, 7) is 0. The fourth-order valence-electron chi connectivity index (χ4n) is 1.79. The molecule has 0 aliphatic carbocycles. The van der Waals surface area contributed by atoms with E-state index in [4.69, 9.17) is 5.11 Å². The number of benzene rings is 2. The monoisotopic (exact) mass is 289 g/mol. The lowest BCUT2D eigenvalue weighted by Crippen LogP contribution is -2.22. The van der Waals surface area contributed by atoms with Crippen molar-refractivity contribution in [1.82, 2.24) is 0 Å². The molecule has 0 fully saturated rings. The minimum absolute atomic E-state index is 0.206. The Balaban J connectivity index is 2.24. The lowest BCUT2D eigenvalue weighted by molar-refractivity contribution is -0.124. The summed E-state index contributed by atoms with van der Waals surface area (Å²) in [4.78, 5) is 22.9. The molecule has 2 aromatic rings. The fraction of sp³-hybridized carbons (Fsp3) is 0.0667. The lowest BCUT2D eigenvalue weighted by atomic mass is 10.1. The molecular formula is C15H12FNO4. The van der Waals surface area contributed by atoms with Crippen LogP contribution >= 0.6 is 0 Å². The van der Waals surface area contributed by atoms with Crippen molar-refractivity contribution in [2.75, 3.05) is 5.32 Å². The van der Waals surface area contributed by atoms with Crippen molar-refractivity contribution in [2.45, 2.75) is 6.10 Å². The molecule has 6 heteroatoms. The van der Waals surface area contributed by atoms with E-state index in [9.17, 15) is 19.1 Å². The third-order valence-electron chi connectivity index (χ3n) is 2.83. The lowest BCUT2D eigenvalue weighted by Gasteiger charge is -2.13. The molecule has 0 saturated carbocycles. The number of hydrogen-bond donors (Lipinski definition) is 3. The molecule has 21 heavy (non-hydrogen) atoms. The summed E-state index contributed by atoms with van der Waals surface area (Å²) in [6.07, 6.45) is -1.48. The second kappa shape index (κ2) is 6.15. The van der Waals surface area contributed by atoms with Gasteiger partial charge >= 0.3 is 5.97 Å². The number of aromatic carboxylic acids is 1. The van der Waals surface area contributed by atoms with E-state index < -0.39 is 23.8 Å². The second-order valence-electron chi connectivity index (χ2n) is 4.30. The number of carboxylic acid groups (broad SMARTS) is 1. The first kappa shape index (κ1) is 14.7. The number of aliphatic hydroxyl groups is 1. The van der Waals surface area contributed by atoms with Crippen molar-refractivity contribution in [3.63, 3.8) is 0 Å². The van der Waals surface area contributed by atoms with E-state index in [1.54, 1.807) is 30.3 Å². The molecule has 0 bridgehead atoms. The predicted octanol–water partition coefficient (Wildman–Crippen LogP) is 2.20. The highest BCUT2D eigenvalue weighted by Gasteiger charge is 2.20. The molecule has 108 valence electrons. The summed E-state index contributed by atoms with van der Waals surface area (Å²) in [5.41, 5.74) is -0.115. The molecule has 0 spiro atoms. The quantitative estimate of drug-likeness (QED) is 0.805. The summed E-state index contributed by atoms with van der Waals surface area (Å²) in [7, 11) is 0. The average Bonchev–Trinajstić information content (AvgIpc) is 2.47. The standard InChI is InChI=1S/C15H12FNO4/c16-10-6-7-11(15(20)21)12(8-10)17-14(19)13(18)9-4-2-1-3-5-9/h1-8,13,18H,(H,17,19)(H,20,21). The van der Waals surface area contributed by atoms with Gasteiger partial charge in [0.25, 0.3) is 5.91 Å². The predicted molar refractivity (Wildman–Crippen MR) is 73.4 cm³/mol. The number of carboxylic acids is 1. The van der Waals surface area contributed by atoms with Crippen LogP contribution in [0.3, 0.4) is 0 Å². The average molecular weight is 289 g/mol. The zero-order chi connectivity index (χ0) is 15.4. The minimum Gasteiger partial charge on any atom is -0.478 e. The molecule has 2 aromatic carbocycles. The second-order valence-corrected chi connectivity index (χ2v) is 4.30. The Morgan fingerprint density at radius 3 is 2.38 bits per heavy atom. The van der Waals surface area contributed by atoms with Crippen LogP contribution in [0.2, 0.25) is 0 Å². The van der Waals surface area contributed by atoms with Crippen LogP contribution in [0.1, 0.15) is 22.0 Å². The zero-order valence-corrected chi connectivity index (χ0v) is 10.8. The topological polar surface area (TPSA) is 86.6 Å². The molecule has 0 aromatic heterocycles. The summed E-state index contributed by atoms with van der Waals surface area (Å²) >= 11 is 0. The Labute approximate surface area is 119 Å². The van der Waals surface area contributed by atoms with Gasteiger partial charge in [-0.25, -0.2) is 9.18 Å². The van der Waals surface area contributed by atoms with E-state index in [1.807, 2.05) is 0 Å². The van der Waals surface area contributed by atoms with Gasteiger partial charge in [-0.2, -0.15) is 0 Å². The minimum atomic E-state index is -1.48. The molecule has 0 saturated heterocycles. The number of carbonyl (C=O) groups is 2. The van der Waals surface area contributed by atoms with Gasteiger partial charge < -0.3 is 15.5 Å². The number of nitrogens with one attached hydrogen (secondary N) is 1. The summed E-state index contributed by atoms with van der Waals surface area (Å²) in [5.74, 6) is -2.83. The summed E-state index contributed by atoms with van der Waals surface area (Å²) in [5, 5.41) is 21.1. The van der Waals surface area contributed by atoms with Crippen LogP contribution in [0.15, 0.2) is 48.5 Å². The SMILES string of the molecule is O=C(O)c1ccc(F)cc1NC(=O)C(O)c1ccccc1. The van der Waals surface area contributed by atoms with Crippen molar-refractivity contribution < 1.29 is 24.2 Å². The molecule has 3 N–H and O–H groups in total. The van der Waals surface area contributed by atoms with Crippen LogP contribution in [0.25, 0.3) is 0 Å². The maximum Gasteiger partial charge on any atom is 0.337 e. The smallest absolute Gasteiger partial charge is 0.337 e. The Morgan fingerprint density at radius 2 is 1.76 bits per heavy atom. The number of rotatable bonds is 4. The molecule has 1 unspecified atom stereocenters. The molecule has 0 aliphatic heterocycles. The van der Waals surface area contributed by atoms with E-state index in [0.29, 0.717) is 5.56 Å². The third-order valence-corrected chi connectivity index (χ3v) is 2.83. The Bertz CT molecular complexity index is 673. The van der Waals surface area contributed by atoms with Gasteiger partial charge in [0.2, 0.25) is 0 Å². The number of halogens is 1. The van der Waals surface area contributed by atoms with E-state index in [2.05, 4.69) is 5.32 Å². The van der Waals surface area contributed by atoms with Gasteiger partial charge in [-0.3, -0.25) is 4.79 Å². The van der Waals surface area contributed by atoms with Crippen molar-refractivity contribution in [1.29, 1.82) is 0 Å². The largest absolute Gasteiger partial charge is 0.478 e. The third kappa shape index (κ3) is 3.43. The van der Waals surface area contributed by atoms with Crippen LogP contribution in [0.5, 0.6) is 0 Å². The number of aliphatic hydroxyl groups excluding tert-OH is 1. The van der Waals surface area contributed by atoms with Crippen LogP contribution < -0.4 is 5.32 Å². The van der Waals surface area contributed by atoms with Crippen LogP contribution in [0.4, 0.5) is 10.1 Å². The highest BCUT2D eigenvalue weighted by molar-refractivity contribution is 6.02. The molecule has 0 aliphatic rings. The highest BCUT2D eigenvalue weighted by Crippen LogP contribution is 2.20. The van der Waals surface area contributed by atoms with Gasteiger partial charge in [0.15, 0.2) is 6.10 Å². The van der Waals surface area contributed by atoms with Crippen molar-refractivity contribution >= 4 is 17.6 Å². The van der Waals surface area contributed by atoms with Crippen molar-refractivity contribution in [3.05, 3.63) is 65.5 Å². The maximum absolute atomic E-state index is 13.2. The van der Waals surface area contributed by atoms with Gasteiger partial charge in [-0.1, -0.05) is 30.3 Å². The molecule has 0 radical (unpaired) electrons. The van der Waals surface area contributed by atoms with Gasteiger partial charge in [-0.05, 0) is 23.8 Å². The van der Waals surface area contributed by atoms with E-state index in [1.165, 1.54) is 0 Å². The Kier molecular flexibility index (Phi) is 4.30. The molecule has 1 atom stereocenters. The number of amides is 1. The molecule has 2 rings (SSSR count). The number of anilines is 1. The molecular weight excluding hydrogens is 277 g/mol. The summed E-state index contributed by atoms with van der Waals surface area (Å²) in [6, 6.07) is 11.0. The van der Waals surface area contributed by atoms with Crippen LogP contribution in [-0.4, -0.2) is 22.1 Å². The van der Waals surface area contributed by atoms with E-state index >= 15 is 0 Å². The van der Waals surface area contributed by atoms with E-state index in [0.717, 1.165) is 18.2 Å². The highest BCUT2D eigenvalue weighted by atomic mass is 19.1. The maximum atomic E-state index is 13.2. The normalized spacial score (nSPS) is 11.7.